The lowest BCUT2D eigenvalue weighted by Gasteiger charge is -2.38. The fraction of sp³-hybridized carbons (Fsp3) is 0.333. The highest BCUT2D eigenvalue weighted by Crippen LogP contribution is 2.40. The fourth-order valence-corrected chi connectivity index (χ4v) is 3.86. The van der Waals surface area contributed by atoms with E-state index in [0.717, 1.165) is 41.2 Å². The average Bonchev–Trinajstić information content (AvgIpc) is 3.05. The summed E-state index contributed by atoms with van der Waals surface area (Å²) in [6, 6.07) is 13.9. The Bertz CT molecular complexity index is 1030. The number of nitrogens with one attached hydrogen (secondary N) is 1. The van der Waals surface area contributed by atoms with Crippen molar-refractivity contribution in [2.75, 3.05) is 0 Å². The highest BCUT2D eigenvalue weighted by Gasteiger charge is 2.34. The molecule has 1 atom stereocenters. The molecule has 0 fully saturated rings. The molecule has 1 aromatic heterocycles. The van der Waals surface area contributed by atoms with Crippen LogP contribution in [0.3, 0.4) is 0 Å². The van der Waals surface area contributed by atoms with Crippen molar-refractivity contribution in [3.63, 3.8) is 0 Å². The molecule has 150 valence electrons. The molecule has 0 spiro atoms. The maximum absolute atomic E-state index is 12.9. The lowest BCUT2D eigenvalue weighted by Crippen LogP contribution is -2.41. The molecule has 5 nitrogen and oxygen atoms in total. The topological polar surface area (TPSA) is 56.1 Å². The molecule has 1 aliphatic rings. The number of carbonyl (C=O) groups is 1. The predicted molar refractivity (Wildman–Crippen MR) is 113 cm³/mol. The highest BCUT2D eigenvalue weighted by molar-refractivity contribution is 5.94. The van der Waals surface area contributed by atoms with Crippen molar-refractivity contribution in [3.05, 3.63) is 82.9 Å². The SMILES string of the molecule is Cc1ccc2c(c1)OC(C)(C)C[C@H]2NC(=O)c1ccc(Cn2ccnc2C)cc1. The van der Waals surface area contributed by atoms with E-state index in [1.54, 1.807) is 6.20 Å². The second-order valence-electron chi connectivity index (χ2n) is 8.43. The van der Waals surface area contributed by atoms with Crippen LogP contribution in [0.2, 0.25) is 0 Å². The summed E-state index contributed by atoms with van der Waals surface area (Å²) >= 11 is 0. The Hall–Kier alpha value is -3.08. The van der Waals surface area contributed by atoms with Gasteiger partial charge in [-0.25, -0.2) is 4.98 Å². The minimum atomic E-state index is -0.328. The molecule has 1 amide bonds. The summed E-state index contributed by atoms with van der Waals surface area (Å²) in [5, 5.41) is 3.21. The number of amides is 1. The quantitative estimate of drug-likeness (QED) is 0.711. The summed E-state index contributed by atoms with van der Waals surface area (Å²) < 4.78 is 8.22. The molecular formula is C24H27N3O2. The number of aryl methyl sites for hydroxylation is 2. The number of hydrogen-bond acceptors (Lipinski definition) is 3. The van der Waals surface area contributed by atoms with Crippen molar-refractivity contribution >= 4 is 5.91 Å². The molecule has 0 unspecified atom stereocenters. The number of imidazole rings is 1. The third-order valence-corrected chi connectivity index (χ3v) is 5.42. The maximum Gasteiger partial charge on any atom is 0.251 e. The van der Waals surface area contributed by atoms with Crippen LogP contribution < -0.4 is 10.1 Å². The zero-order valence-electron chi connectivity index (χ0n) is 17.4. The number of nitrogens with zero attached hydrogens (tertiary/aromatic N) is 2. The minimum absolute atomic E-state index is 0.0652. The van der Waals surface area contributed by atoms with Crippen LogP contribution in [0.15, 0.2) is 54.9 Å². The van der Waals surface area contributed by atoms with Gasteiger partial charge in [0.25, 0.3) is 5.91 Å². The van der Waals surface area contributed by atoms with Crippen LogP contribution in [0.25, 0.3) is 0 Å². The van der Waals surface area contributed by atoms with E-state index in [4.69, 9.17) is 4.74 Å². The lowest BCUT2D eigenvalue weighted by atomic mass is 9.89. The van der Waals surface area contributed by atoms with Crippen molar-refractivity contribution in [2.24, 2.45) is 0 Å². The van der Waals surface area contributed by atoms with E-state index in [0.29, 0.717) is 5.56 Å². The Morgan fingerprint density at radius 3 is 2.66 bits per heavy atom. The van der Waals surface area contributed by atoms with Crippen LogP contribution in [0.5, 0.6) is 5.75 Å². The Kier molecular flexibility index (Phi) is 4.91. The number of rotatable bonds is 4. The van der Waals surface area contributed by atoms with Gasteiger partial charge in [0, 0.05) is 36.5 Å². The largest absolute Gasteiger partial charge is 0.487 e. The molecule has 2 aromatic carbocycles. The molecular weight excluding hydrogens is 362 g/mol. The molecule has 0 aliphatic carbocycles. The minimum Gasteiger partial charge on any atom is -0.487 e. The second kappa shape index (κ2) is 7.39. The van der Waals surface area contributed by atoms with Crippen LogP contribution in [0, 0.1) is 13.8 Å². The van der Waals surface area contributed by atoms with Gasteiger partial charge in [-0.2, -0.15) is 0 Å². The number of carbonyl (C=O) groups excluding carboxylic acids is 1. The Balaban J connectivity index is 1.50. The summed E-state index contributed by atoms with van der Waals surface area (Å²) in [7, 11) is 0. The fourth-order valence-electron chi connectivity index (χ4n) is 3.86. The number of hydrogen-bond donors (Lipinski definition) is 1. The molecule has 29 heavy (non-hydrogen) atoms. The van der Waals surface area contributed by atoms with Gasteiger partial charge in [0.05, 0.1) is 6.04 Å². The molecule has 0 saturated heterocycles. The van der Waals surface area contributed by atoms with Gasteiger partial charge in [-0.1, -0.05) is 24.3 Å². The Labute approximate surface area is 171 Å². The molecule has 0 radical (unpaired) electrons. The average molecular weight is 389 g/mol. The van der Waals surface area contributed by atoms with Gasteiger partial charge in [-0.3, -0.25) is 4.79 Å². The molecule has 0 saturated carbocycles. The van der Waals surface area contributed by atoms with Crippen molar-refractivity contribution in [2.45, 2.75) is 52.3 Å². The summed E-state index contributed by atoms with van der Waals surface area (Å²) in [6.07, 6.45) is 4.49. The number of aromatic nitrogens is 2. The van der Waals surface area contributed by atoms with E-state index in [2.05, 4.69) is 40.8 Å². The first-order valence-corrected chi connectivity index (χ1v) is 9.98. The maximum atomic E-state index is 12.9. The molecule has 3 aromatic rings. The first kappa shape index (κ1) is 19.2. The number of benzene rings is 2. The first-order valence-electron chi connectivity index (χ1n) is 9.98. The molecule has 0 bridgehead atoms. The van der Waals surface area contributed by atoms with Crippen LogP contribution in [-0.4, -0.2) is 21.1 Å². The Morgan fingerprint density at radius 1 is 1.21 bits per heavy atom. The first-order chi connectivity index (χ1) is 13.8. The third kappa shape index (κ3) is 4.19. The zero-order valence-corrected chi connectivity index (χ0v) is 17.4. The van der Waals surface area contributed by atoms with E-state index in [1.807, 2.05) is 50.4 Å². The van der Waals surface area contributed by atoms with Gasteiger partial charge >= 0.3 is 0 Å². The monoisotopic (exact) mass is 389 g/mol. The van der Waals surface area contributed by atoms with E-state index < -0.39 is 0 Å². The standard InChI is InChI=1S/C24H27N3O2/c1-16-5-10-20-21(14-24(3,4)29-22(20)13-16)26-23(28)19-8-6-18(7-9-19)15-27-12-11-25-17(27)2/h5-13,21H,14-15H2,1-4H3,(H,26,28)/t21-/m1/s1. The van der Waals surface area contributed by atoms with E-state index in [-0.39, 0.29) is 17.6 Å². The van der Waals surface area contributed by atoms with Crippen molar-refractivity contribution < 1.29 is 9.53 Å². The second-order valence-corrected chi connectivity index (χ2v) is 8.43. The van der Waals surface area contributed by atoms with Crippen LogP contribution >= 0.6 is 0 Å². The normalized spacial score (nSPS) is 17.3. The van der Waals surface area contributed by atoms with E-state index in [1.165, 1.54) is 0 Å². The van der Waals surface area contributed by atoms with Crippen molar-refractivity contribution in [1.82, 2.24) is 14.9 Å². The molecule has 1 aliphatic heterocycles. The van der Waals surface area contributed by atoms with Crippen LogP contribution in [0.1, 0.15) is 59.2 Å². The molecule has 1 N–H and O–H groups in total. The van der Waals surface area contributed by atoms with Gasteiger partial charge in [0.15, 0.2) is 0 Å². The number of fused-ring (bicyclic) bond motifs is 1. The van der Waals surface area contributed by atoms with E-state index in [9.17, 15) is 4.79 Å². The molecule has 2 heterocycles. The zero-order chi connectivity index (χ0) is 20.6. The van der Waals surface area contributed by atoms with Crippen molar-refractivity contribution in [3.8, 4) is 5.75 Å². The van der Waals surface area contributed by atoms with Crippen LogP contribution in [0.4, 0.5) is 0 Å². The van der Waals surface area contributed by atoms with Crippen molar-refractivity contribution in [1.29, 1.82) is 0 Å². The Morgan fingerprint density at radius 2 is 1.97 bits per heavy atom. The summed E-state index contributed by atoms with van der Waals surface area (Å²) in [5.41, 5.74) is 3.65. The van der Waals surface area contributed by atoms with Gasteiger partial charge in [0.1, 0.15) is 17.2 Å². The summed E-state index contributed by atoms with van der Waals surface area (Å²) in [5.74, 6) is 1.77. The number of ether oxygens (including phenoxy) is 1. The highest BCUT2D eigenvalue weighted by atomic mass is 16.5. The van der Waals surface area contributed by atoms with Gasteiger partial charge in [-0.05, 0) is 57.0 Å². The predicted octanol–water partition coefficient (Wildman–Crippen LogP) is 4.58. The summed E-state index contributed by atoms with van der Waals surface area (Å²) in [6.45, 7) is 8.89. The smallest absolute Gasteiger partial charge is 0.251 e. The van der Waals surface area contributed by atoms with Gasteiger partial charge < -0.3 is 14.6 Å². The van der Waals surface area contributed by atoms with Gasteiger partial charge in [-0.15, -0.1) is 0 Å². The third-order valence-electron chi connectivity index (χ3n) is 5.42. The lowest BCUT2D eigenvalue weighted by molar-refractivity contribution is 0.0619. The summed E-state index contributed by atoms with van der Waals surface area (Å²) in [4.78, 5) is 17.2. The van der Waals surface area contributed by atoms with Gasteiger partial charge in [0.2, 0.25) is 0 Å². The molecule has 4 rings (SSSR count). The van der Waals surface area contributed by atoms with E-state index >= 15 is 0 Å². The molecule has 5 heteroatoms. The van der Waals surface area contributed by atoms with Crippen LogP contribution in [-0.2, 0) is 6.54 Å².